The minimum absolute atomic E-state index is 0.00772. The third-order valence-corrected chi connectivity index (χ3v) is 5.34. The summed E-state index contributed by atoms with van der Waals surface area (Å²) in [6.45, 7) is 3.95. The van der Waals surface area contributed by atoms with Crippen LogP contribution in [0.1, 0.15) is 17.0 Å². The molecule has 1 aromatic carbocycles. The highest BCUT2D eigenvalue weighted by atomic mass is 32.1. The first-order valence-corrected chi connectivity index (χ1v) is 9.28. The van der Waals surface area contributed by atoms with Crippen molar-refractivity contribution in [3.63, 3.8) is 0 Å². The summed E-state index contributed by atoms with van der Waals surface area (Å²) in [6, 6.07) is 11.3. The molecule has 0 aliphatic carbocycles. The number of benzene rings is 1. The highest BCUT2D eigenvalue weighted by Crippen LogP contribution is 2.24. The number of aromatic amines is 1. The molecule has 4 rings (SSSR count). The molecule has 2 N–H and O–H groups in total. The van der Waals surface area contributed by atoms with Crippen LogP contribution in [0.2, 0.25) is 0 Å². The van der Waals surface area contributed by atoms with E-state index in [0.717, 1.165) is 21.7 Å². The maximum absolute atomic E-state index is 12.5. The fraction of sp³-hybridized carbons (Fsp3) is 0.158. The van der Waals surface area contributed by atoms with Gasteiger partial charge in [0.25, 0.3) is 5.56 Å². The number of H-pyrrole nitrogens is 1. The van der Waals surface area contributed by atoms with Crippen molar-refractivity contribution in [1.82, 2.24) is 19.8 Å². The maximum atomic E-state index is 12.5. The number of anilines is 1. The number of nitrogens with one attached hydrogen (secondary N) is 2. The van der Waals surface area contributed by atoms with Crippen LogP contribution < -0.4 is 10.9 Å². The lowest BCUT2D eigenvalue weighted by atomic mass is 10.1. The molecule has 3 aromatic heterocycles. The Kier molecular flexibility index (Phi) is 4.33. The largest absolute Gasteiger partial charge is 0.325 e. The molecule has 0 aliphatic heterocycles. The number of aryl methyl sites for hydroxylation is 1. The van der Waals surface area contributed by atoms with E-state index < -0.39 is 0 Å². The van der Waals surface area contributed by atoms with Crippen molar-refractivity contribution < 1.29 is 4.79 Å². The number of thiophene rings is 1. The fourth-order valence-electron chi connectivity index (χ4n) is 2.84. The van der Waals surface area contributed by atoms with Crippen LogP contribution in [0.5, 0.6) is 0 Å². The summed E-state index contributed by atoms with van der Waals surface area (Å²) in [5, 5.41) is 15.8. The third-order valence-electron chi connectivity index (χ3n) is 4.44. The molecule has 0 spiro atoms. The molecule has 0 radical (unpaired) electrons. The highest BCUT2D eigenvalue weighted by molar-refractivity contribution is 7.13. The first-order valence-electron chi connectivity index (χ1n) is 8.40. The summed E-state index contributed by atoms with van der Waals surface area (Å²) in [6.07, 6.45) is -0.00772. The molecule has 7 nitrogen and oxygen atoms in total. The Morgan fingerprint density at radius 3 is 2.89 bits per heavy atom. The first-order chi connectivity index (χ1) is 13.0. The normalized spacial score (nSPS) is 11.0. The Morgan fingerprint density at radius 2 is 2.11 bits per heavy atom. The van der Waals surface area contributed by atoms with E-state index in [1.54, 1.807) is 6.07 Å². The van der Waals surface area contributed by atoms with Crippen LogP contribution >= 0.6 is 11.3 Å². The Bertz CT molecular complexity index is 1190. The van der Waals surface area contributed by atoms with E-state index in [-0.39, 0.29) is 17.9 Å². The molecule has 3 heterocycles. The third kappa shape index (κ3) is 3.26. The van der Waals surface area contributed by atoms with Gasteiger partial charge >= 0.3 is 0 Å². The summed E-state index contributed by atoms with van der Waals surface area (Å²) < 4.78 is 1.44. The fourth-order valence-corrected chi connectivity index (χ4v) is 3.52. The molecule has 27 heavy (non-hydrogen) atoms. The number of rotatable bonds is 4. The van der Waals surface area contributed by atoms with Gasteiger partial charge in [0.15, 0.2) is 5.82 Å². The Labute approximate surface area is 158 Å². The second-order valence-corrected chi connectivity index (χ2v) is 7.19. The van der Waals surface area contributed by atoms with Gasteiger partial charge in [-0.15, -0.1) is 11.3 Å². The molecular weight excluding hydrogens is 362 g/mol. The smallest absolute Gasteiger partial charge is 0.290 e. The summed E-state index contributed by atoms with van der Waals surface area (Å²) in [5.74, 6) is 0.146. The van der Waals surface area contributed by atoms with E-state index in [0.29, 0.717) is 17.0 Å². The zero-order valence-corrected chi connectivity index (χ0v) is 15.6. The predicted octanol–water partition coefficient (Wildman–Crippen LogP) is 2.94. The zero-order valence-electron chi connectivity index (χ0n) is 14.8. The molecule has 136 valence electrons. The lowest BCUT2D eigenvalue weighted by molar-refractivity contribution is -0.115. The second kappa shape index (κ2) is 6.81. The van der Waals surface area contributed by atoms with Crippen molar-refractivity contribution in [2.45, 2.75) is 20.3 Å². The number of amides is 1. The molecule has 0 saturated carbocycles. The van der Waals surface area contributed by atoms with Gasteiger partial charge in [-0.1, -0.05) is 18.2 Å². The van der Waals surface area contributed by atoms with Crippen molar-refractivity contribution in [3.05, 3.63) is 69.1 Å². The van der Waals surface area contributed by atoms with Gasteiger partial charge in [0.2, 0.25) is 5.91 Å². The van der Waals surface area contributed by atoms with Gasteiger partial charge in [-0.2, -0.15) is 10.2 Å². The molecule has 0 fully saturated rings. The van der Waals surface area contributed by atoms with Crippen molar-refractivity contribution >= 4 is 28.4 Å². The first kappa shape index (κ1) is 17.2. The van der Waals surface area contributed by atoms with Crippen LogP contribution in [0.25, 0.3) is 16.1 Å². The van der Waals surface area contributed by atoms with Gasteiger partial charge in [-0.05, 0) is 48.6 Å². The summed E-state index contributed by atoms with van der Waals surface area (Å²) in [5.41, 5.74) is 3.58. The molecule has 1 amide bonds. The van der Waals surface area contributed by atoms with Crippen molar-refractivity contribution in [1.29, 1.82) is 0 Å². The minimum atomic E-state index is -0.344. The van der Waals surface area contributed by atoms with Crippen molar-refractivity contribution in [2.24, 2.45) is 0 Å². The van der Waals surface area contributed by atoms with Gasteiger partial charge in [0.1, 0.15) is 11.2 Å². The quantitative estimate of drug-likeness (QED) is 0.570. The SMILES string of the molecule is Cc1cccc(NC(=O)Cc2n[nH]c(=O)c3cc(-c4cccs4)nn23)c1C. The topological polar surface area (TPSA) is 92.1 Å². The number of fused-ring (bicyclic) bond motifs is 1. The van der Waals surface area contributed by atoms with E-state index in [1.807, 2.05) is 49.6 Å². The highest BCUT2D eigenvalue weighted by Gasteiger charge is 2.15. The van der Waals surface area contributed by atoms with E-state index >= 15 is 0 Å². The summed E-state index contributed by atoms with van der Waals surface area (Å²) >= 11 is 1.53. The molecular formula is C19H17N5O2S. The number of nitrogens with zero attached hydrogens (tertiary/aromatic N) is 3. The Hall–Kier alpha value is -3.26. The second-order valence-electron chi connectivity index (χ2n) is 6.25. The average Bonchev–Trinajstić information content (AvgIpc) is 3.31. The van der Waals surface area contributed by atoms with Crippen molar-refractivity contribution in [2.75, 3.05) is 5.32 Å². The number of carbonyl (C=O) groups is 1. The average molecular weight is 379 g/mol. The molecule has 4 aromatic rings. The number of carbonyl (C=O) groups excluding carboxylic acids is 1. The summed E-state index contributed by atoms with van der Waals surface area (Å²) in [4.78, 5) is 25.6. The van der Waals surface area contributed by atoms with E-state index in [1.165, 1.54) is 15.9 Å². The van der Waals surface area contributed by atoms with E-state index in [4.69, 9.17) is 0 Å². The van der Waals surface area contributed by atoms with Gasteiger partial charge in [0.05, 0.1) is 11.3 Å². The standard InChI is InChI=1S/C19H17N5O2S/c1-11-5-3-6-13(12(11)2)20-18(25)10-17-21-22-19(26)15-9-14(23-24(15)17)16-7-4-8-27-16/h3-9H,10H2,1-2H3,(H,20,25)(H,22,26). The Morgan fingerprint density at radius 1 is 1.26 bits per heavy atom. The molecule has 0 bridgehead atoms. The van der Waals surface area contributed by atoms with Gasteiger partial charge in [-0.25, -0.2) is 9.61 Å². The lowest BCUT2D eigenvalue weighted by Gasteiger charge is -2.10. The van der Waals surface area contributed by atoms with Crippen LogP contribution in [-0.4, -0.2) is 25.7 Å². The predicted molar refractivity (Wildman–Crippen MR) is 105 cm³/mol. The molecule has 0 aliphatic rings. The molecule has 0 saturated heterocycles. The zero-order chi connectivity index (χ0) is 19.0. The van der Waals surface area contributed by atoms with Gasteiger partial charge in [-0.3, -0.25) is 9.59 Å². The van der Waals surface area contributed by atoms with Crippen LogP contribution in [-0.2, 0) is 11.2 Å². The Balaban J connectivity index is 1.65. The van der Waals surface area contributed by atoms with E-state index in [9.17, 15) is 9.59 Å². The maximum Gasteiger partial charge on any atom is 0.290 e. The van der Waals surface area contributed by atoms with Crippen LogP contribution in [0.3, 0.4) is 0 Å². The van der Waals surface area contributed by atoms with Crippen molar-refractivity contribution in [3.8, 4) is 10.6 Å². The van der Waals surface area contributed by atoms with Gasteiger partial charge in [0, 0.05) is 5.69 Å². The summed E-state index contributed by atoms with van der Waals surface area (Å²) in [7, 11) is 0. The molecule has 0 atom stereocenters. The van der Waals surface area contributed by atoms with Crippen LogP contribution in [0.15, 0.2) is 46.6 Å². The monoisotopic (exact) mass is 379 g/mol. The lowest BCUT2D eigenvalue weighted by Crippen LogP contribution is -2.22. The number of hydrogen-bond donors (Lipinski definition) is 2. The number of hydrogen-bond acceptors (Lipinski definition) is 5. The molecule has 0 unspecified atom stereocenters. The minimum Gasteiger partial charge on any atom is -0.325 e. The van der Waals surface area contributed by atoms with E-state index in [2.05, 4.69) is 20.6 Å². The van der Waals surface area contributed by atoms with Crippen LogP contribution in [0.4, 0.5) is 5.69 Å². The van der Waals surface area contributed by atoms with Crippen LogP contribution in [0, 0.1) is 13.8 Å². The van der Waals surface area contributed by atoms with Gasteiger partial charge < -0.3 is 5.32 Å². The number of aromatic nitrogens is 4. The molecule has 8 heteroatoms.